The lowest BCUT2D eigenvalue weighted by atomic mass is 10.1. The normalized spacial score (nSPS) is 17.2. The summed E-state index contributed by atoms with van der Waals surface area (Å²) in [5, 5.41) is 5.79. The zero-order valence-corrected chi connectivity index (χ0v) is 17.1. The molecule has 7 nitrogen and oxygen atoms in total. The average molecular weight is 398 g/mol. The number of amides is 2. The van der Waals surface area contributed by atoms with Crippen molar-refractivity contribution >= 4 is 23.2 Å². The molecule has 0 saturated heterocycles. The molecule has 1 aliphatic carbocycles. The zero-order valence-electron chi connectivity index (χ0n) is 17.1. The van der Waals surface area contributed by atoms with E-state index in [9.17, 15) is 9.59 Å². The predicted molar refractivity (Wildman–Crippen MR) is 111 cm³/mol. The van der Waals surface area contributed by atoms with Gasteiger partial charge in [-0.25, -0.2) is 0 Å². The molecule has 2 N–H and O–H groups in total. The van der Waals surface area contributed by atoms with Gasteiger partial charge >= 0.3 is 0 Å². The van der Waals surface area contributed by atoms with Gasteiger partial charge in [-0.3, -0.25) is 9.59 Å². The van der Waals surface area contributed by atoms with Gasteiger partial charge in [-0.05, 0) is 24.5 Å². The van der Waals surface area contributed by atoms with E-state index in [2.05, 4.69) is 10.6 Å². The lowest BCUT2D eigenvalue weighted by Crippen LogP contribution is -2.21. The van der Waals surface area contributed by atoms with E-state index in [1.54, 1.807) is 12.1 Å². The second kappa shape index (κ2) is 8.86. The number of aryl methyl sites for hydroxylation is 1. The fourth-order valence-corrected chi connectivity index (χ4v) is 3.34. The molecule has 154 valence electrons. The van der Waals surface area contributed by atoms with Gasteiger partial charge in [-0.2, -0.15) is 0 Å². The summed E-state index contributed by atoms with van der Waals surface area (Å²) in [4.78, 5) is 25.2. The summed E-state index contributed by atoms with van der Waals surface area (Å²) in [6.07, 6.45) is 1.35. The van der Waals surface area contributed by atoms with E-state index in [0.29, 0.717) is 29.4 Å². The fraction of sp³-hybridized carbons (Fsp3) is 0.364. The van der Waals surface area contributed by atoms with Crippen LogP contribution in [-0.2, 0) is 16.0 Å². The molecule has 2 unspecified atom stereocenters. The third-order valence-electron chi connectivity index (χ3n) is 5.05. The molecular weight excluding hydrogens is 372 g/mol. The first-order valence-electron chi connectivity index (χ1n) is 9.52. The molecule has 0 aliphatic heterocycles. The summed E-state index contributed by atoms with van der Waals surface area (Å²) < 4.78 is 15.9. The first kappa shape index (κ1) is 20.5. The largest absolute Gasteiger partial charge is 0.493 e. The van der Waals surface area contributed by atoms with Crippen molar-refractivity contribution in [2.75, 3.05) is 32.0 Å². The van der Waals surface area contributed by atoms with Gasteiger partial charge in [0.25, 0.3) is 0 Å². The Morgan fingerprint density at radius 1 is 0.931 bits per heavy atom. The van der Waals surface area contributed by atoms with Crippen molar-refractivity contribution in [3.63, 3.8) is 0 Å². The summed E-state index contributed by atoms with van der Waals surface area (Å²) >= 11 is 0. The van der Waals surface area contributed by atoms with Gasteiger partial charge in [0.2, 0.25) is 17.6 Å². The Balaban J connectivity index is 1.65. The Labute approximate surface area is 170 Å². The predicted octanol–water partition coefficient (Wildman–Crippen LogP) is 3.49. The van der Waals surface area contributed by atoms with E-state index in [1.165, 1.54) is 21.3 Å². The first-order valence-corrected chi connectivity index (χ1v) is 9.52. The molecule has 2 amide bonds. The molecule has 2 atom stereocenters. The van der Waals surface area contributed by atoms with Crippen LogP contribution in [0.5, 0.6) is 17.2 Å². The molecule has 29 heavy (non-hydrogen) atoms. The van der Waals surface area contributed by atoms with Gasteiger partial charge in [-0.15, -0.1) is 0 Å². The maximum Gasteiger partial charge on any atom is 0.228 e. The molecule has 2 aromatic rings. The minimum absolute atomic E-state index is 0.129. The summed E-state index contributed by atoms with van der Waals surface area (Å²) in [6, 6.07) is 11.0. The Hall–Kier alpha value is -3.22. The highest BCUT2D eigenvalue weighted by atomic mass is 16.5. The number of methoxy groups -OCH3 is 3. The molecule has 3 rings (SSSR count). The first-order chi connectivity index (χ1) is 14.0. The minimum Gasteiger partial charge on any atom is -0.493 e. The van der Waals surface area contributed by atoms with Gasteiger partial charge in [0.15, 0.2) is 11.5 Å². The van der Waals surface area contributed by atoms with Crippen molar-refractivity contribution in [2.45, 2.75) is 19.8 Å². The lowest BCUT2D eigenvalue weighted by Gasteiger charge is -2.14. The molecule has 7 heteroatoms. The molecule has 1 fully saturated rings. The van der Waals surface area contributed by atoms with Crippen molar-refractivity contribution < 1.29 is 23.8 Å². The van der Waals surface area contributed by atoms with Crippen LogP contribution in [0.4, 0.5) is 11.4 Å². The Kier molecular flexibility index (Phi) is 6.26. The highest BCUT2D eigenvalue weighted by Crippen LogP contribution is 2.43. The van der Waals surface area contributed by atoms with Crippen LogP contribution in [0.1, 0.15) is 18.9 Å². The summed E-state index contributed by atoms with van der Waals surface area (Å²) in [6.45, 7) is 2.04. The number of hydrogen-bond acceptors (Lipinski definition) is 5. The summed E-state index contributed by atoms with van der Waals surface area (Å²) in [5.74, 6) is 0.321. The van der Waals surface area contributed by atoms with E-state index in [4.69, 9.17) is 14.2 Å². The van der Waals surface area contributed by atoms with E-state index in [-0.39, 0.29) is 23.7 Å². The summed E-state index contributed by atoms with van der Waals surface area (Å²) in [7, 11) is 4.54. The number of para-hydroxylation sites is 1. The van der Waals surface area contributed by atoms with Gasteiger partial charge in [0, 0.05) is 23.5 Å². The van der Waals surface area contributed by atoms with Crippen LogP contribution in [-0.4, -0.2) is 33.1 Å². The van der Waals surface area contributed by atoms with Gasteiger partial charge in [-0.1, -0.05) is 25.1 Å². The van der Waals surface area contributed by atoms with Gasteiger partial charge in [0.1, 0.15) is 0 Å². The molecular formula is C22H26N2O5. The molecule has 0 bridgehead atoms. The van der Waals surface area contributed by atoms with Crippen LogP contribution in [0, 0.1) is 11.8 Å². The minimum atomic E-state index is -0.358. The van der Waals surface area contributed by atoms with Crippen LogP contribution < -0.4 is 24.8 Å². The van der Waals surface area contributed by atoms with E-state index in [0.717, 1.165) is 17.7 Å². The second-order valence-corrected chi connectivity index (χ2v) is 6.85. The smallest absolute Gasteiger partial charge is 0.228 e. The van der Waals surface area contributed by atoms with Crippen LogP contribution >= 0.6 is 0 Å². The van der Waals surface area contributed by atoms with Gasteiger partial charge in [0.05, 0.1) is 33.2 Å². The Morgan fingerprint density at radius 2 is 1.52 bits per heavy atom. The third-order valence-corrected chi connectivity index (χ3v) is 5.05. The summed E-state index contributed by atoms with van der Waals surface area (Å²) in [5.41, 5.74) is 2.39. The van der Waals surface area contributed by atoms with E-state index >= 15 is 0 Å². The van der Waals surface area contributed by atoms with Crippen LogP contribution in [0.2, 0.25) is 0 Å². The van der Waals surface area contributed by atoms with Crippen molar-refractivity contribution in [3.8, 4) is 17.2 Å². The van der Waals surface area contributed by atoms with Crippen molar-refractivity contribution in [1.29, 1.82) is 0 Å². The molecule has 0 heterocycles. The number of rotatable bonds is 8. The van der Waals surface area contributed by atoms with Gasteiger partial charge < -0.3 is 24.8 Å². The maximum atomic E-state index is 12.6. The molecule has 1 aliphatic rings. The zero-order chi connectivity index (χ0) is 21.0. The molecule has 0 radical (unpaired) electrons. The molecule has 0 spiro atoms. The second-order valence-electron chi connectivity index (χ2n) is 6.85. The average Bonchev–Trinajstić information content (AvgIpc) is 3.54. The number of anilines is 2. The number of hydrogen-bond donors (Lipinski definition) is 2. The van der Waals surface area contributed by atoms with Crippen LogP contribution in [0.25, 0.3) is 0 Å². The number of carbonyl (C=O) groups excluding carboxylic acids is 2. The number of carbonyl (C=O) groups is 2. The van der Waals surface area contributed by atoms with Crippen molar-refractivity contribution in [2.24, 2.45) is 11.8 Å². The monoisotopic (exact) mass is 398 g/mol. The number of benzene rings is 2. The van der Waals surface area contributed by atoms with Crippen molar-refractivity contribution in [1.82, 2.24) is 0 Å². The van der Waals surface area contributed by atoms with E-state index < -0.39 is 0 Å². The topological polar surface area (TPSA) is 85.9 Å². The third kappa shape index (κ3) is 4.45. The van der Waals surface area contributed by atoms with Crippen molar-refractivity contribution in [3.05, 3.63) is 42.0 Å². The standard InChI is InChI=1S/C22H26N2O5/c1-5-13-8-6-7-9-17(13)24-22(26)16-12-15(16)21(25)23-14-10-18(27-2)20(29-4)19(11-14)28-3/h6-11,15-16H,5,12H2,1-4H3,(H,23,25)(H,24,26). The Bertz CT molecular complexity index is 887. The molecule has 1 saturated carbocycles. The SMILES string of the molecule is CCc1ccccc1NC(=O)C1CC1C(=O)Nc1cc(OC)c(OC)c(OC)c1. The quantitative estimate of drug-likeness (QED) is 0.711. The molecule has 2 aromatic carbocycles. The fourth-order valence-electron chi connectivity index (χ4n) is 3.34. The van der Waals surface area contributed by atoms with Crippen LogP contribution in [0.15, 0.2) is 36.4 Å². The Morgan fingerprint density at radius 3 is 2.07 bits per heavy atom. The lowest BCUT2D eigenvalue weighted by molar-refractivity contribution is -0.122. The van der Waals surface area contributed by atoms with Crippen LogP contribution in [0.3, 0.4) is 0 Å². The number of ether oxygens (including phenoxy) is 3. The maximum absolute atomic E-state index is 12.6. The highest BCUT2D eigenvalue weighted by Gasteiger charge is 2.48. The highest BCUT2D eigenvalue weighted by molar-refractivity contribution is 6.03. The number of nitrogens with one attached hydrogen (secondary N) is 2. The molecule has 0 aromatic heterocycles. The van der Waals surface area contributed by atoms with E-state index in [1.807, 2.05) is 31.2 Å².